The van der Waals surface area contributed by atoms with Crippen LogP contribution < -0.4 is 10.6 Å². The average Bonchev–Trinajstić information content (AvgIpc) is 2.88. The zero-order chi connectivity index (χ0) is 15.5. The topological polar surface area (TPSA) is 87.7 Å². The van der Waals surface area contributed by atoms with Gasteiger partial charge in [0, 0.05) is 13.0 Å². The van der Waals surface area contributed by atoms with Crippen molar-refractivity contribution in [2.24, 2.45) is 0 Å². The predicted molar refractivity (Wildman–Crippen MR) is 72.3 cm³/mol. The molecule has 0 aliphatic carbocycles. The van der Waals surface area contributed by atoms with Gasteiger partial charge in [0.1, 0.15) is 5.82 Å². The number of carbonyl (C=O) groups excluding carboxylic acids is 1. The van der Waals surface area contributed by atoms with Crippen molar-refractivity contribution in [3.8, 4) is 0 Å². The Morgan fingerprint density at radius 1 is 1.48 bits per heavy atom. The van der Waals surface area contributed by atoms with Gasteiger partial charge in [-0.25, -0.2) is 14.0 Å². The second-order valence-electron chi connectivity index (χ2n) is 5.07. The minimum Gasteiger partial charge on any atom is -0.479 e. The van der Waals surface area contributed by atoms with E-state index in [2.05, 4.69) is 10.6 Å². The first-order valence-corrected chi connectivity index (χ1v) is 6.58. The number of rotatable bonds is 4. The number of carbonyl (C=O) groups is 2. The Hall–Kier alpha value is -2.15. The lowest BCUT2D eigenvalue weighted by Crippen LogP contribution is -2.57. The SMILES string of the molecule is CC(NC(=O)NC1(C(=O)O)CCOC1)c1cccc(F)c1. The first kappa shape index (κ1) is 15.2. The molecule has 0 spiro atoms. The van der Waals surface area contributed by atoms with Gasteiger partial charge in [-0.05, 0) is 24.6 Å². The molecule has 0 bridgehead atoms. The third kappa shape index (κ3) is 3.49. The normalized spacial score (nSPS) is 22.6. The van der Waals surface area contributed by atoms with E-state index in [0.717, 1.165) is 0 Å². The molecule has 3 N–H and O–H groups in total. The molecule has 0 saturated carbocycles. The molecule has 1 aromatic rings. The summed E-state index contributed by atoms with van der Waals surface area (Å²) in [5.74, 6) is -1.53. The van der Waals surface area contributed by atoms with Gasteiger partial charge in [-0.2, -0.15) is 0 Å². The van der Waals surface area contributed by atoms with E-state index in [4.69, 9.17) is 4.74 Å². The van der Waals surface area contributed by atoms with Crippen LogP contribution in [0.25, 0.3) is 0 Å². The van der Waals surface area contributed by atoms with Crippen LogP contribution in [-0.4, -0.2) is 35.9 Å². The molecular formula is C14H17FN2O4. The lowest BCUT2D eigenvalue weighted by molar-refractivity contribution is -0.144. The lowest BCUT2D eigenvalue weighted by atomic mass is 9.99. The van der Waals surface area contributed by atoms with Crippen LogP contribution in [0.4, 0.5) is 9.18 Å². The molecule has 1 fully saturated rings. The fourth-order valence-electron chi connectivity index (χ4n) is 2.20. The van der Waals surface area contributed by atoms with Crippen molar-refractivity contribution in [1.29, 1.82) is 0 Å². The standard InChI is InChI=1S/C14H17FN2O4/c1-9(10-3-2-4-11(15)7-10)16-13(20)17-14(12(18)19)5-6-21-8-14/h2-4,7,9H,5-6,8H2,1H3,(H,18,19)(H2,16,17,20). The van der Waals surface area contributed by atoms with Gasteiger partial charge in [0.25, 0.3) is 0 Å². The second-order valence-corrected chi connectivity index (χ2v) is 5.07. The molecule has 114 valence electrons. The second kappa shape index (κ2) is 6.09. The zero-order valence-corrected chi connectivity index (χ0v) is 11.6. The van der Waals surface area contributed by atoms with Gasteiger partial charge in [-0.1, -0.05) is 12.1 Å². The summed E-state index contributed by atoms with van der Waals surface area (Å²) >= 11 is 0. The number of nitrogens with one attached hydrogen (secondary N) is 2. The maximum Gasteiger partial charge on any atom is 0.332 e. The average molecular weight is 296 g/mol. The molecule has 6 nitrogen and oxygen atoms in total. The summed E-state index contributed by atoms with van der Waals surface area (Å²) in [6, 6.07) is 4.78. The molecule has 2 unspecified atom stereocenters. The Balaban J connectivity index is 1.99. The minimum atomic E-state index is -1.40. The van der Waals surface area contributed by atoms with Crippen LogP contribution in [0.2, 0.25) is 0 Å². The van der Waals surface area contributed by atoms with Crippen molar-refractivity contribution in [2.75, 3.05) is 13.2 Å². The van der Waals surface area contributed by atoms with Gasteiger partial charge in [0.2, 0.25) is 0 Å². The maximum absolute atomic E-state index is 13.1. The quantitative estimate of drug-likeness (QED) is 0.784. The summed E-state index contributed by atoms with van der Waals surface area (Å²) < 4.78 is 18.2. The van der Waals surface area contributed by atoms with Gasteiger partial charge < -0.3 is 20.5 Å². The highest BCUT2D eigenvalue weighted by Crippen LogP contribution is 2.19. The summed E-state index contributed by atoms with van der Waals surface area (Å²) in [4.78, 5) is 23.2. The monoisotopic (exact) mass is 296 g/mol. The molecule has 0 radical (unpaired) electrons. The molecule has 21 heavy (non-hydrogen) atoms. The summed E-state index contributed by atoms with van der Waals surface area (Å²) in [6.45, 7) is 1.91. The van der Waals surface area contributed by atoms with Crippen molar-refractivity contribution < 1.29 is 23.8 Å². The van der Waals surface area contributed by atoms with Crippen LogP contribution in [0, 0.1) is 5.82 Å². The highest BCUT2D eigenvalue weighted by Gasteiger charge is 2.44. The van der Waals surface area contributed by atoms with E-state index in [1.165, 1.54) is 12.1 Å². The highest BCUT2D eigenvalue weighted by atomic mass is 19.1. The molecule has 1 aliphatic rings. The van der Waals surface area contributed by atoms with E-state index < -0.39 is 29.4 Å². The first-order chi connectivity index (χ1) is 9.93. The lowest BCUT2D eigenvalue weighted by Gasteiger charge is -2.25. The number of carboxylic acid groups (broad SMARTS) is 1. The van der Waals surface area contributed by atoms with Crippen molar-refractivity contribution in [1.82, 2.24) is 10.6 Å². The third-order valence-corrected chi connectivity index (χ3v) is 3.48. The van der Waals surface area contributed by atoms with Gasteiger partial charge in [-0.3, -0.25) is 0 Å². The van der Waals surface area contributed by atoms with E-state index in [1.54, 1.807) is 19.1 Å². The fraction of sp³-hybridized carbons (Fsp3) is 0.429. The number of hydrogen-bond donors (Lipinski definition) is 3. The Labute approximate surface area is 121 Å². The molecule has 2 rings (SSSR count). The number of benzene rings is 1. The van der Waals surface area contributed by atoms with E-state index >= 15 is 0 Å². The van der Waals surface area contributed by atoms with E-state index in [1.807, 2.05) is 0 Å². The van der Waals surface area contributed by atoms with Crippen LogP contribution in [0.3, 0.4) is 0 Å². The molecule has 1 heterocycles. The molecule has 1 aromatic carbocycles. The maximum atomic E-state index is 13.1. The molecule has 2 atom stereocenters. The number of amides is 2. The number of carboxylic acids is 1. The van der Waals surface area contributed by atoms with Crippen molar-refractivity contribution in [3.05, 3.63) is 35.6 Å². The Morgan fingerprint density at radius 3 is 2.81 bits per heavy atom. The molecule has 1 saturated heterocycles. The third-order valence-electron chi connectivity index (χ3n) is 3.48. The molecule has 0 aromatic heterocycles. The number of aliphatic carboxylic acids is 1. The van der Waals surface area contributed by atoms with Crippen LogP contribution in [0.1, 0.15) is 24.9 Å². The van der Waals surface area contributed by atoms with Crippen molar-refractivity contribution >= 4 is 12.0 Å². The number of urea groups is 1. The van der Waals surface area contributed by atoms with Crippen LogP contribution in [0.5, 0.6) is 0 Å². The zero-order valence-electron chi connectivity index (χ0n) is 11.6. The fourth-order valence-corrected chi connectivity index (χ4v) is 2.20. The van der Waals surface area contributed by atoms with Crippen LogP contribution in [0.15, 0.2) is 24.3 Å². The molecular weight excluding hydrogens is 279 g/mol. The van der Waals surface area contributed by atoms with Crippen LogP contribution >= 0.6 is 0 Å². The van der Waals surface area contributed by atoms with Gasteiger partial charge >= 0.3 is 12.0 Å². The number of halogens is 1. The largest absolute Gasteiger partial charge is 0.479 e. The van der Waals surface area contributed by atoms with Crippen molar-refractivity contribution in [2.45, 2.75) is 24.9 Å². The van der Waals surface area contributed by atoms with Crippen molar-refractivity contribution in [3.63, 3.8) is 0 Å². The summed E-state index contributed by atoms with van der Waals surface area (Å²) in [5, 5.41) is 14.3. The Bertz CT molecular complexity index is 544. The summed E-state index contributed by atoms with van der Waals surface area (Å²) in [5.41, 5.74) is -0.802. The molecule has 1 aliphatic heterocycles. The van der Waals surface area contributed by atoms with Gasteiger partial charge in [0.05, 0.1) is 12.6 Å². The number of hydrogen-bond acceptors (Lipinski definition) is 3. The number of ether oxygens (including phenoxy) is 1. The summed E-state index contributed by atoms with van der Waals surface area (Å²) in [7, 11) is 0. The Kier molecular flexibility index (Phi) is 4.42. The first-order valence-electron chi connectivity index (χ1n) is 6.58. The van der Waals surface area contributed by atoms with Gasteiger partial charge in [-0.15, -0.1) is 0 Å². The molecule has 7 heteroatoms. The van der Waals surface area contributed by atoms with E-state index in [0.29, 0.717) is 5.56 Å². The predicted octanol–water partition coefficient (Wildman–Crippen LogP) is 1.43. The smallest absolute Gasteiger partial charge is 0.332 e. The molecule has 2 amide bonds. The highest BCUT2D eigenvalue weighted by molar-refractivity contribution is 5.86. The van der Waals surface area contributed by atoms with Crippen LogP contribution in [-0.2, 0) is 9.53 Å². The van der Waals surface area contributed by atoms with Gasteiger partial charge in [0.15, 0.2) is 5.54 Å². The van der Waals surface area contributed by atoms with E-state index in [9.17, 15) is 19.1 Å². The van der Waals surface area contributed by atoms with E-state index in [-0.39, 0.29) is 19.6 Å². The minimum absolute atomic E-state index is 0.0654. The Morgan fingerprint density at radius 2 is 2.24 bits per heavy atom. The summed E-state index contributed by atoms with van der Waals surface area (Å²) in [6.07, 6.45) is 0.212.